The first-order valence-corrected chi connectivity index (χ1v) is 5.08. The van der Waals surface area contributed by atoms with Crippen LogP contribution in [0.3, 0.4) is 0 Å². The van der Waals surface area contributed by atoms with E-state index in [4.69, 9.17) is 10.9 Å². The van der Waals surface area contributed by atoms with E-state index in [1.807, 2.05) is 13.8 Å². The first kappa shape index (κ1) is 12.3. The fourth-order valence-corrected chi connectivity index (χ4v) is 1.39. The molecule has 4 nitrogen and oxygen atoms in total. The van der Waals surface area contributed by atoms with Gasteiger partial charge in [0.25, 0.3) is 0 Å². The Morgan fingerprint density at radius 2 is 2.31 bits per heavy atom. The zero-order valence-corrected chi connectivity index (χ0v) is 9.37. The number of hydrogen-bond acceptors (Lipinski definition) is 3. The number of oxime groups is 1. The summed E-state index contributed by atoms with van der Waals surface area (Å²) in [5.41, 5.74) is 7.07. The van der Waals surface area contributed by atoms with E-state index >= 15 is 0 Å². The van der Waals surface area contributed by atoms with Gasteiger partial charge in [0.05, 0.1) is 6.04 Å². The van der Waals surface area contributed by atoms with E-state index in [0.717, 1.165) is 5.56 Å². The minimum absolute atomic E-state index is 0.0890. The summed E-state index contributed by atoms with van der Waals surface area (Å²) in [6.07, 6.45) is 0.645. The number of halogens is 1. The van der Waals surface area contributed by atoms with E-state index in [9.17, 15) is 4.39 Å². The molecule has 0 aliphatic carbocycles. The smallest absolute Gasteiger partial charge is 0.161 e. The largest absolute Gasteiger partial charge is 0.409 e. The third kappa shape index (κ3) is 2.85. The summed E-state index contributed by atoms with van der Waals surface area (Å²) in [6, 6.07) is 4.16. The number of nitrogens with one attached hydrogen (secondary N) is 1. The molecular weight excluding hydrogens is 209 g/mol. The molecule has 0 saturated heterocycles. The van der Waals surface area contributed by atoms with Gasteiger partial charge in [-0.15, -0.1) is 0 Å². The Kier molecular flexibility index (Phi) is 4.10. The van der Waals surface area contributed by atoms with E-state index in [-0.39, 0.29) is 17.7 Å². The monoisotopic (exact) mass is 225 g/mol. The lowest BCUT2D eigenvalue weighted by Gasteiger charge is -2.18. The van der Waals surface area contributed by atoms with E-state index in [1.54, 1.807) is 6.07 Å². The molecule has 16 heavy (non-hydrogen) atoms. The second kappa shape index (κ2) is 5.34. The fourth-order valence-electron chi connectivity index (χ4n) is 1.39. The van der Waals surface area contributed by atoms with E-state index in [0.29, 0.717) is 12.1 Å². The maximum absolute atomic E-state index is 13.0. The van der Waals surface area contributed by atoms with Gasteiger partial charge in [0, 0.05) is 5.69 Å². The molecule has 0 fully saturated rings. The SMILES string of the molecule is CCC(Nc1cc(F)ccc1C)C(N)=NO. The van der Waals surface area contributed by atoms with E-state index in [2.05, 4.69) is 10.5 Å². The van der Waals surface area contributed by atoms with Gasteiger partial charge in [-0.2, -0.15) is 0 Å². The second-order valence-electron chi connectivity index (χ2n) is 3.59. The lowest BCUT2D eigenvalue weighted by molar-refractivity contribution is 0.316. The number of aryl methyl sites for hydroxylation is 1. The number of rotatable bonds is 4. The first-order chi connectivity index (χ1) is 7.58. The summed E-state index contributed by atoms with van der Waals surface area (Å²) in [5.74, 6) is -0.228. The van der Waals surface area contributed by atoms with Crippen molar-refractivity contribution in [3.63, 3.8) is 0 Å². The summed E-state index contributed by atoms with van der Waals surface area (Å²) >= 11 is 0. The Bertz CT molecular complexity index is 393. The lowest BCUT2D eigenvalue weighted by Crippen LogP contribution is -2.35. The standard InChI is InChI=1S/C11H16FN3O/c1-3-9(11(13)15-16)14-10-6-8(12)5-4-7(10)2/h4-6,9,14,16H,3H2,1-2H3,(H2,13,15). The number of benzene rings is 1. The minimum Gasteiger partial charge on any atom is -0.409 e. The molecule has 0 spiro atoms. The molecule has 1 aromatic carbocycles. The summed E-state index contributed by atoms with van der Waals surface area (Å²) in [7, 11) is 0. The second-order valence-corrected chi connectivity index (χ2v) is 3.59. The maximum atomic E-state index is 13.0. The molecular formula is C11H16FN3O. The number of anilines is 1. The molecule has 0 aliphatic rings. The fraction of sp³-hybridized carbons (Fsp3) is 0.364. The topological polar surface area (TPSA) is 70.6 Å². The molecule has 0 aromatic heterocycles. The van der Waals surface area contributed by atoms with Gasteiger partial charge < -0.3 is 16.3 Å². The Morgan fingerprint density at radius 1 is 1.62 bits per heavy atom. The summed E-state index contributed by atoms with van der Waals surface area (Å²) in [4.78, 5) is 0. The molecule has 1 unspecified atom stereocenters. The normalized spacial score (nSPS) is 13.6. The summed E-state index contributed by atoms with van der Waals surface area (Å²) in [5, 5.41) is 14.6. The lowest BCUT2D eigenvalue weighted by atomic mass is 10.1. The van der Waals surface area contributed by atoms with Gasteiger partial charge in [0.1, 0.15) is 5.82 Å². The molecule has 1 atom stereocenters. The molecule has 0 saturated carbocycles. The number of nitrogens with zero attached hydrogens (tertiary/aromatic N) is 1. The Hall–Kier alpha value is -1.78. The molecule has 0 aliphatic heterocycles. The molecule has 0 heterocycles. The van der Waals surface area contributed by atoms with Gasteiger partial charge in [-0.3, -0.25) is 0 Å². The van der Waals surface area contributed by atoms with Crippen LogP contribution in [0.5, 0.6) is 0 Å². The van der Waals surface area contributed by atoms with Crippen LogP contribution in [0.1, 0.15) is 18.9 Å². The Labute approximate surface area is 94.0 Å². The van der Waals surface area contributed by atoms with Crippen molar-refractivity contribution < 1.29 is 9.60 Å². The van der Waals surface area contributed by atoms with Crippen LogP contribution < -0.4 is 11.1 Å². The van der Waals surface area contributed by atoms with Crippen LogP contribution in [0.2, 0.25) is 0 Å². The van der Waals surface area contributed by atoms with Crippen LogP contribution in [-0.2, 0) is 0 Å². The number of hydrogen-bond donors (Lipinski definition) is 3. The average molecular weight is 225 g/mol. The third-order valence-electron chi connectivity index (χ3n) is 2.41. The molecule has 0 amide bonds. The van der Waals surface area contributed by atoms with Crippen molar-refractivity contribution in [2.24, 2.45) is 10.9 Å². The van der Waals surface area contributed by atoms with Crippen molar-refractivity contribution in [2.45, 2.75) is 26.3 Å². The van der Waals surface area contributed by atoms with Crippen LogP contribution >= 0.6 is 0 Å². The van der Waals surface area contributed by atoms with Crippen LogP contribution in [0, 0.1) is 12.7 Å². The first-order valence-electron chi connectivity index (χ1n) is 5.08. The Morgan fingerprint density at radius 3 is 2.88 bits per heavy atom. The Balaban J connectivity index is 2.89. The predicted octanol–water partition coefficient (Wildman–Crippen LogP) is 2.07. The molecule has 1 aromatic rings. The highest BCUT2D eigenvalue weighted by molar-refractivity contribution is 5.87. The zero-order valence-electron chi connectivity index (χ0n) is 9.37. The predicted molar refractivity (Wildman–Crippen MR) is 62.2 cm³/mol. The van der Waals surface area contributed by atoms with Crippen molar-refractivity contribution >= 4 is 11.5 Å². The van der Waals surface area contributed by atoms with Crippen LogP contribution in [0.15, 0.2) is 23.4 Å². The van der Waals surface area contributed by atoms with Crippen molar-refractivity contribution in [1.29, 1.82) is 0 Å². The van der Waals surface area contributed by atoms with Gasteiger partial charge >= 0.3 is 0 Å². The van der Waals surface area contributed by atoms with E-state index < -0.39 is 0 Å². The quantitative estimate of drug-likeness (QED) is 0.318. The average Bonchev–Trinajstić information content (AvgIpc) is 2.29. The summed E-state index contributed by atoms with van der Waals surface area (Å²) < 4.78 is 13.0. The van der Waals surface area contributed by atoms with Crippen LogP contribution in [0.4, 0.5) is 10.1 Å². The summed E-state index contributed by atoms with van der Waals surface area (Å²) in [6.45, 7) is 3.76. The molecule has 4 N–H and O–H groups in total. The molecule has 1 rings (SSSR count). The zero-order chi connectivity index (χ0) is 12.1. The van der Waals surface area contributed by atoms with Gasteiger partial charge in [-0.25, -0.2) is 4.39 Å². The van der Waals surface area contributed by atoms with Crippen LogP contribution in [0.25, 0.3) is 0 Å². The van der Waals surface area contributed by atoms with Gasteiger partial charge in [0.15, 0.2) is 5.84 Å². The highest BCUT2D eigenvalue weighted by Crippen LogP contribution is 2.17. The molecule has 88 valence electrons. The maximum Gasteiger partial charge on any atom is 0.161 e. The third-order valence-corrected chi connectivity index (χ3v) is 2.41. The van der Waals surface area contributed by atoms with E-state index in [1.165, 1.54) is 12.1 Å². The molecule has 5 heteroatoms. The number of nitrogens with two attached hydrogens (primary N) is 1. The van der Waals surface area contributed by atoms with Crippen molar-refractivity contribution in [3.8, 4) is 0 Å². The van der Waals surface area contributed by atoms with Gasteiger partial charge in [0.2, 0.25) is 0 Å². The van der Waals surface area contributed by atoms with Gasteiger partial charge in [-0.1, -0.05) is 18.1 Å². The van der Waals surface area contributed by atoms with Crippen molar-refractivity contribution in [3.05, 3.63) is 29.6 Å². The highest BCUT2D eigenvalue weighted by Gasteiger charge is 2.12. The van der Waals surface area contributed by atoms with Crippen molar-refractivity contribution in [1.82, 2.24) is 0 Å². The molecule has 0 radical (unpaired) electrons. The minimum atomic E-state index is -0.317. The molecule has 0 bridgehead atoms. The highest BCUT2D eigenvalue weighted by atomic mass is 19.1. The van der Waals surface area contributed by atoms with Crippen molar-refractivity contribution in [2.75, 3.05) is 5.32 Å². The number of amidine groups is 1. The van der Waals surface area contributed by atoms with Gasteiger partial charge in [-0.05, 0) is 31.0 Å². The van der Waals surface area contributed by atoms with Crippen LogP contribution in [-0.4, -0.2) is 17.1 Å².